The van der Waals surface area contributed by atoms with Crippen molar-refractivity contribution >= 4 is 39.2 Å². The van der Waals surface area contributed by atoms with Crippen molar-refractivity contribution in [1.29, 1.82) is 0 Å². The van der Waals surface area contributed by atoms with Gasteiger partial charge in [0.2, 0.25) is 11.8 Å². The number of hydrogen-bond acceptors (Lipinski definition) is 6. The maximum Gasteiger partial charge on any atom is 0.332 e. The van der Waals surface area contributed by atoms with Crippen LogP contribution >= 0.6 is 11.3 Å². The topological polar surface area (TPSA) is 106 Å². The number of nitrogens with zero attached hydrogens (tertiary/aromatic N) is 4. The van der Waals surface area contributed by atoms with E-state index in [0.29, 0.717) is 19.0 Å². The largest absolute Gasteiger partial charge is 0.343 e. The first kappa shape index (κ1) is 24.3. The number of para-hydroxylation sites is 1. The molecule has 6 rings (SSSR count). The molecule has 2 aromatic heterocycles. The summed E-state index contributed by atoms with van der Waals surface area (Å²) in [6.07, 6.45) is 1.50. The normalized spacial score (nSPS) is 17.6. The van der Waals surface area contributed by atoms with Gasteiger partial charge in [-0.15, -0.1) is 11.3 Å². The molecule has 1 fully saturated rings. The zero-order chi connectivity index (χ0) is 26.4. The highest BCUT2D eigenvalue weighted by molar-refractivity contribution is 7.18. The van der Waals surface area contributed by atoms with Gasteiger partial charge in [-0.3, -0.25) is 23.5 Å². The molecule has 2 amide bonds. The molecule has 2 aliphatic rings. The minimum Gasteiger partial charge on any atom is -0.343 e. The Bertz CT molecular complexity index is 1630. The number of anilines is 1. The molecule has 1 atom stereocenters. The lowest BCUT2D eigenvalue weighted by molar-refractivity contribution is -0.134. The van der Waals surface area contributed by atoms with Crippen LogP contribution in [0.15, 0.2) is 64.2 Å². The van der Waals surface area contributed by atoms with Gasteiger partial charge in [-0.2, -0.15) is 0 Å². The number of aromatic nitrogens is 3. The summed E-state index contributed by atoms with van der Waals surface area (Å²) in [6, 6.07) is 17.4. The van der Waals surface area contributed by atoms with Crippen LogP contribution in [0, 0.1) is 0 Å². The Hall–Kier alpha value is -4.05. The average molecular weight is 530 g/mol. The van der Waals surface area contributed by atoms with E-state index >= 15 is 0 Å². The molecule has 4 aromatic rings. The van der Waals surface area contributed by atoms with Crippen LogP contribution in [-0.4, -0.2) is 43.9 Å². The fraction of sp³-hybridized carbons (Fsp3) is 0.321. The predicted molar refractivity (Wildman–Crippen MR) is 146 cm³/mol. The number of nitrogens with one attached hydrogen (secondary N) is 1. The molecule has 1 saturated heterocycles. The minimum atomic E-state index is -0.930. The lowest BCUT2D eigenvalue weighted by atomic mass is 9.95. The highest BCUT2D eigenvalue weighted by Crippen LogP contribution is 2.36. The van der Waals surface area contributed by atoms with Crippen molar-refractivity contribution in [2.45, 2.75) is 37.6 Å². The lowest BCUT2D eigenvalue weighted by Gasteiger charge is -2.31. The molecule has 2 aliphatic heterocycles. The first-order chi connectivity index (χ1) is 18.4. The van der Waals surface area contributed by atoms with Crippen molar-refractivity contribution in [3.8, 4) is 0 Å². The van der Waals surface area contributed by atoms with E-state index in [1.54, 1.807) is 16.2 Å². The number of rotatable bonds is 5. The van der Waals surface area contributed by atoms with Gasteiger partial charge in [0.1, 0.15) is 5.82 Å². The SMILES string of the molecule is Cn1c(=O)c2c(n(Cc3ccccc3)c1=O)NC(=O)[C@@H]2CC(=O)N1CCC(c2nc3ccccc3s2)CC1. The highest BCUT2D eigenvalue weighted by atomic mass is 32.1. The van der Waals surface area contributed by atoms with Gasteiger partial charge in [-0.05, 0) is 30.5 Å². The smallest absolute Gasteiger partial charge is 0.332 e. The zero-order valence-corrected chi connectivity index (χ0v) is 21.7. The molecule has 38 heavy (non-hydrogen) atoms. The van der Waals surface area contributed by atoms with E-state index < -0.39 is 23.1 Å². The van der Waals surface area contributed by atoms with Gasteiger partial charge in [0.05, 0.1) is 33.3 Å². The molecule has 0 unspecified atom stereocenters. The van der Waals surface area contributed by atoms with E-state index in [1.165, 1.54) is 16.3 Å². The van der Waals surface area contributed by atoms with Gasteiger partial charge in [-0.1, -0.05) is 42.5 Å². The van der Waals surface area contributed by atoms with Crippen LogP contribution in [0.4, 0.5) is 5.82 Å². The van der Waals surface area contributed by atoms with Gasteiger partial charge in [0, 0.05) is 32.5 Å². The van der Waals surface area contributed by atoms with Crippen LogP contribution in [-0.2, 0) is 23.2 Å². The fourth-order valence-corrected chi connectivity index (χ4v) is 6.56. The van der Waals surface area contributed by atoms with Crippen LogP contribution in [0.25, 0.3) is 10.2 Å². The summed E-state index contributed by atoms with van der Waals surface area (Å²) in [5.41, 5.74) is 0.997. The third-order valence-electron chi connectivity index (χ3n) is 7.55. The van der Waals surface area contributed by atoms with E-state index in [-0.39, 0.29) is 30.3 Å². The molecular weight excluding hydrogens is 502 g/mol. The van der Waals surface area contributed by atoms with E-state index in [9.17, 15) is 19.2 Å². The summed E-state index contributed by atoms with van der Waals surface area (Å²) in [5, 5.41) is 3.83. The molecule has 194 valence electrons. The second-order valence-electron chi connectivity index (χ2n) is 9.90. The highest BCUT2D eigenvalue weighted by Gasteiger charge is 2.39. The zero-order valence-electron chi connectivity index (χ0n) is 20.9. The number of likely N-dealkylation sites (tertiary alicyclic amines) is 1. The number of carbonyl (C=O) groups excluding carboxylic acids is 2. The standard InChI is InChI=1S/C28H27N5O4S/c1-31-27(36)23-19(25(35)30-24(23)33(28(31)37)16-17-7-3-2-4-8-17)15-22(34)32-13-11-18(12-14-32)26-29-20-9-5-6-10-21(20)38-26/h2-10,18-19H,11-16H2,1H3,(H,30,35)/t19-/m1/s1. The fourth-order valence-electron chi connectivity index (χ4n) is 5.43. The Morgan fingerprint density at radius 2 is 1.74 bits per heavy atom. The molecule has 0 saturated carbocycles. The molecule has 0 bridgehead atoms. The summed E-state index contributed by atoms with van der Waals surface area (Å²) in [5.74, 6) is -1.03. The molecule has 2 aromatic carbocycles. The van der Waals surface area contributed by atoms with Crippen molar-refractivity contribution in [2.75, 3.05) is 18.4 Å². The van der Waals surface area contributed by atoms with E-state index in [0.717, 1.165) is 33.5 Å². The van der Waals surface area contributed by atoms with Crippen LogP contribution in [0.2, 0.25) is 0 Å². The second kappa shape index (κ2) is 9.68. The van der Waals surface area contributed by atoms with Crippen LogP contribution in [0.5, 0.6) is 0 Å². The third-order valence-corrected chi connectivity index (χ3v) is 8.75. The van der Waals surface area contributed by atoms with E-state index in [2.05, 4.69) is 11.4 Å². The number of benzene rings is 2. The van der Waals surface area contributed by atoms with Crippen LogP contribution < -0.4 is 16.6 Å². The first-order valence-corrected chi connectivity index (χ1v) is 13.5. The number of thiazole rings is 1. The molecule has 4 heterocycles. The molecule has 0 radical (unpaired) electrons. The molecule has 1 N–H and O–H groups in total. The monoisotopic (exact) mass is 529 g/mol. The quantitative estimate of drug-likeness (QED) is 0.428. The molecule has 9 nitrogen and oxygen atoms in total. The molecule has 0 aliphatic carbocycles. The lowest BCUT2D eigenvalue weighted by Crippen LogP contribution is -2.41. The van der Waals surface area contributed by atoms with Crippen molar-refractivity contribution in [3.63, 3.8) is 0 Å². The van der Waals surface area contributed by atoms with Crippen molar-refractivity contribution < 1.29 is 9.59 Å². The van der Waals surface area contributed by atoms with Crippen LogP contribution in [0.3, 0.4) is 0 Å². The molecule has 0 spiro atoms. The Balaban J connectivity index is 1.20. The maximum atomic E-state index is 13.3. The van der Waals surface area contributed by atoms with Gasteiger partial charge >= 0.3 is 5.69 Å². The van der Waals surface area contributed by atoms with Gasteiger partial charge in [0.15, 0.2) is 0 Å². The Morgan fingerprint density at radius 3 is 2.47 bits per heavy atom. The Morgan fingerprint density at radius 1 is 1.03 bits per heavy atom. The Labute approximate surface area is 222 Å². The van der Waals surface area contributed by atoms with Crippen LogP contribution in [0.1, 0.15) is 47.2 Å². The molecular formula is C28H27N5O4S. The summed E-state index contributed by atoms with van der Waals surface area (Å²) >= 11 is 1.71. The van der Waals surface area contributed by atoms with Crippen molar-refractivity contribution in [1.82, 2.24) is 19.0 Å². The second-order valence-corrected chi connectivity index (χ2v) is 11.0. The predicted octanol–water partition coefficient (Wildman–Crippen LogP) is 3.04. The van der Waals surface area contributed by atoms with Crippen molar-refractivity contribution in [3.05, 3.63) is 91.6 Å². The number of hydrogen-bond donors (Lipinski definition) is 1. The third kappa shape index (κ3) is 4.24. The van der Waals surface area contributed by atoms with Gasteiger partial charge in [-0.25, -0.2) is 9.78 Å². The molecule has 10 heteroatoms. The summed E-state index contributed by atoms with van der Waals surface area (Å²) in [6.45, 7) is 1.36. The summed E-state index contributed by atoms with van der Waals surface area (Å²) < 4.78 is 3.58. The maximum absolute atomic E-state index is 13.3. The number of carbonyl (C=O) groups is 2. The van der Waals surface area contributed by atoms with Gasteiger partial charge < -0.3 is 10.2 Å². The van der Waals surface area contributed by atoms with E-state index in [4.69, 9.17) is 4.98 Å². The minimum absolute atomic E-state index is 0.108. The van der Waals surface area contributed by atoms with Gasteiger partial charge in [0.25, 0.3) is 5.56 Å². The average Bonchev–Trinajstić information content (AvgIpc) is 3.52. The summed E-state index contributed by atoms with van der Waals surface area (Å²) in [4.78, 5) is 58.9. The Kier molecular flexibility index (Phi) is 6.19. The number of fused-ring (bicyclic) bond motifs is 2. The first-order valence-electron chi connectivity index (χ1n) is 12.7. The van der Waals surface area contributed by atoms with E-state index in [1.807, 2.05) is 48.5 Å². The van der Waals surface area contributed by atoms with Crippen molar-refractivity contribution in [2.24, 2.45) is 7.05 Å². The number of piperidine rings is 1. The number of amides is 2. The summed E-state index contributed by atoms with van der Waals surface area (Å²) in [7, 11) is 1.40.